The van der Waals surface area contributed by atoms with Gasteiger partial charge in [0.05, 0.1) is 23.9 Å². The van der Waals surface area contributed by atoms with Crippen LogP contribution in [0.3, 0.4) is 0 Å². The van der Waals surface area contributed by atoms with Crippen molar-refractivity contribution in [2.75, 3.05) is 13.2 Å². The second-order valence-corrected chi connectivity index (χ2v) is 6.22. The smallest absolute Gasteiger partial charge is 0.242 e. The molecule has 0 atom stereocenters. The highest BCUT2D eigenvalue weighted by Crippen LogP contribution is 2.37. The van der Waals surface area contributed by atoms with Crippen molar-refractivity contribution in [3.63, 3.8) is 0 Å². The topological polar surface area (TPSA) is 65.4 Å². The molecule has 0 saturated heterocycles. The van der Waals surface area contributed by atoms with Crippen LogP contribution in [-0.2, 0) is 17.9 Å². The minimum Gasteiger partial charge on any atom is -0.489 e. The first-order valence-electron chi connectivity index (χ1n) is 7.88. The molecule has 1 N–H and O–H groups in total. The molecular formula is C17H20ClN3O3. The number of carbonyl (C=O) groups is 1. The first-order valence-corrected chi connectivity index (χ1v) is 8.26. The molecular weight excluding hydrogens is 330 g/mol. The van der Waals surface area contributed by atoms with Gasteiger partial charge < -0.3 is 14.8 Å². The van der Waals surface area contributed by atoms with E-state index in [0.717, 1.165) is 23.4 Å². The standard InChI is InChI=1S/C17H20ClN3O3/c1-11-6-12(2)21(20-11)10-16(22)19-9-13-7-14(18)17-15(8-13)23-4-3-5-24-17/h6-8H,3-5,9-10H2,1-2H3,(H,19,22). The third-order valence-corrected chi connectivity index (χ3v) is 4.03. The lowest BCUT2D eigenvalue weighted by Gasteiger charge is -2.12. The van der Waals surface area contributed by atoms with Gasteiger partial charge >= 0.3 is 0 Å². The van der Waals surface area contributed by atoms with Crippen molar-refractivity contribution in [2.45, 2.75) is 33.4 Å². The average molecular weight is 350 g/mol. The van der Waals surface area contributed by atoms with Crippen molar-refractivity contribution in [1.82, 2.24) is 15.1 Å². The van der Waals surface area contributed by atoms with Gasteiger partial charge in [-0.05, 0) is 37.6 Å². The van der Waals surface area contributed by atoms with Gasteiger partial charge in [0, 0.05) is 18.7 Å². The second-order valence-electron chi connectivity index (χ2n) is 5.82. The maximum Gasteiger partial charge on any atom is 0.242 e. The molecule has 0 radical (unpaired) electrons. The van der Waals surface area contributed by atoms with E-state index in [2.05, 4.69) is 10.4 Å². The first-order chi connectivity index (χ1) is 11.5. The normalized spacial score (nSPS) is 13.5. The summed E-state index contributed by atoms with van der Waals surface area (Å²) in [4.78, 5) is 12.1. The van der Waals surface area contributed by atoms with Crippen molar-refractivity contribution >= 4 is 17.5 Å². The summed E-state index contributed by atoms with van der Waals surface area (Å²) in [5, 5.41) is 7.66. The number of aryl methyl sites for hydroxylation is 2. The molecule has 0 bridgehead atoms. The molecule has 1 aliphatic rings. The van der Waals surface area contributed by atoms with E-state index in [0.29, 0.717) is 36.3 Å². The van der Waals surface area contributed by atoms with Crippen molar-refractivity contribution in [3.05, 3.63) is 40.2 Å². The lowest BCUT2D eigenvalue weighted by atomic mass is 10.2. The number of rotatable bonds is 4. The molecule has 0 aliphatic carbocycles. The summed E-state index contributed by atoms with van der Waals surface area (Å²) in [6.45, 7) is 5.58. The maximum absolute atomic E-state index is 12.1. The molecule has 1 aromatic heterocycles. The summed E-state index contributed by atoms with van der Waals surface area (Å²) < 4.78 is 12.9. The van der Waals surface area contributed by atoms with Crippen LogP contribution >= 0.6 is 11.6 Å². The Kier molecular flexibility index (Phi) is 4.94. The van der Waals surface area contributed by atoms with Gasteiger partial charge in [-0.2, -0.15) is 5.10 Å². The van der Waals surface area contributed by atoms with Crippen LogP contribution in [0.25, 0.3) is 0 Å². The SMILES string of the molecule is Cc1cc(C)n(CC(=O)NCc2cc(Cl)c3c(c2)OCCCO3)n1. The highest BCUT2D eigenvalue weighted by atomic mass is 35.5. The summed E-state index contributed by atoms with van der Waals surface area (Å²) in [7, 11) is 0. The van der Waals surface area contributed by atoms with E-state index in [1.807, 2.05) is 26.0 Å². The maximum atomic E-state index is 12.1. The molecule has 0 spiro atoms. The molecule has 3 rings (SSSR count). The highest BCUT2D eigenvalue weighted by Gasteiger charge is 2.16. The predicted molar refractivity (Wildman–Crippen MR) is 90.6 cm³/mol. The first kappa shape index (κ1) is 16.6. The average Bonchev–Trinajstić information content (AvgIpc) is 2.74. The van der Waals surface area contributed by atoms with Crippen LogP contribution in [0, 0.1) is 13.8 Å². The predicted octanol–water partition coefficient (Wildman–Crippen LogP) is 2.63. The van der Waals surface area contributed by atoms with E-state index in [1.54, 1.807) is 10.7 Å². The third-order valence-electron chi connectivity index (χ3n) is 3.75. The van der Waals surface area contributed by atoms with E-state index in [4.69, 9.17) is 21.1 Å². The molecule has 24 heavy (non-hydrogen) atoms. The van der Waals surface area contributed by atoms with E-state index in [-0.39, 0.29) is 12.5 Å². The van der Waals surface area contributed by atoms with Crippen LogP contribution in [0.1, 0.15) is 23.4 Å². The molecule has 7 heteroatoms. The Morgan fingerprint density at radius 3 is 2.83 bits per heavy atom. The number of ether oxygens (including phenoxy) is 2. The van der Waals surface area contributed by atoms with Crippen molar-refractivity contribution in [2.24, 2.45) is 0 Å². The third kappa shape index (κ3) is 3.82. The van der Waals surface area contributed by atoms with Gasteiger partial charge in [-0.1, -0.05) is 11.6 Å². The molecule has 0 unspecified atom stereocenters. The lowest BCUT2D eigenvalue weighted by Crippen LogP contribution is -2.28. The van der Waals surface area contributed by atoms with Gasteiger partial charge in [-0.25, -0.2) is 0 Å². The Balaban J connectivity index is 1.64. The molecule has 0 fully saturated rings. The number of hydrogen-bond acceptors (Lipinski definition) is 4. The molecule has 128 valence electrons. The van der Waals surface area contributed by atoms with Crippen molar-refractivity contribution in [1.29, 1.82) is 0 Å². The van der Waals surface area contributed by atoms with Crippen LogP contribution in [0.15, 0.2) is 18.2 Å². The second kappa shape index (κ2) is 7.13. The van der Waals surface area contributed by atoms with Crippen LogP contribution in [0.5, 0.6) is 11.5 Å². The number of nitrogens with zero attached hydrogens (tertiary/aromatic N) is 2. The van der Waals surface area contributed by atoms with Crippen LogP contribution in [0.4, 0.5) is 0 Å². The quantitative estimate of drug-likeness (QED) is 0.921. The highest BCUT2D eigenvalue weighted by molar-refractivity contribution is 6.32. The fourth-order valence-electron chi connectivity index (χ4n) is 2.61. The molecule has 1 aromatic carbocycles. The van der Waals surface area contributed by atoms with E-state index < -0.39 is 0 Å². The van der Waals surface area contributed by atoms with Crippen LogP contribution in [0.2, 0.25) is 5.02 Å². The molecule has 2 heterocycles. The molecule has 1 amide bonds. The fraction of sp³-hybridized carbons (Fsp3) is 0.412. The number of aromatic nitrogens is 2. The summed E-state index contributed by atoms with van der Waals surface area (Å²) in [6, 6.07) is 5.59. The molecule has 0 saturated carbocycles. The number of hydrogen-bond donors (Lipinski definition) is 1. The minimum absolute atomic E-state index is 0.107. The number of halogens is 1. The Morgan fingerprint density at radius 1 is 1.29 bits per heavy atom. The van der Waals surface area contributed by atoms with Crippen molar-refractivity contribution in [3.8, 4) is 11.5 Å². The zero-order chi connectivity index (χ0) is 17.1. The van der Waals surface area contributed by atoms with Gasteiger partial charge in [0.1, 0.15) is 6.54 Å². The number of benzene rings is 1. The minimum atomic E-state index is -0.107. The van der Waals surface area contributed by atoms with Crippen LogP contribution in [-0.4, -0.2) is 28.9 Å². The monoisotopic (exact) mass is 349 g/mol. The number of amides is 1. The Hall–Kier alpha value is -2.21. The van der Waals surface area contributed by atoms with Gasteiger partial charge in [0.2, 0.25) is 5.91 Å². The van der Waals surface area contributed by atoms with Gasteiger partial charge in [-0.3, -0.25) is 9.48 Å². The summed E-state index contributed by atoms with van der Waals surface area (Å²) in [5.41, 5.74) is 2.72. The van der Waals surface area contributed by atoms with Gasteiger partial charge in [0.15, 0.2) is 11.5 Å². The lowest BCUT2D eigenvalue weighted by molar-refractivity contribution is -0.122. The number of carbonyl (C=O) groups excluding carboxylic acids is 1. The van der Waals surface area contributed by atoms with E-state index in [1.165, 1.54) is 0 Å². The fourth-order valence-corrected chi connectivity index (χ4v) is 2.90. The van der Waals surface area contributed by atoms with Gasteiger partial charge in [-0.15, -0.1) is 0 Å². The zero-order valence-corrected chi connectivity index (χ0v) is 14.5. The van der Waals surface area contributed by atoms with Crippen LogP contribution < -0.4 is 14.8 Å². The summed E-state index contributed by atoms with van der Waals surface area (Å²) >= 11 is 6.26. The largest absolute Gasteiger partial charge is 0.489 e. The Bertz CT molecular complexity index is 758. The number of fused-ring (bicyclic) bond motifs is 1. The van der Waals surface area contributed by atoms with E-state index >= 15 is 0 Å². The number of nitrogens with one attached hydrogen (secondary N) is 1. The molecule has 6 nitrogen and oxygen atoms in total. The van der Waals surface area contributed by atoms with Gasteiger partial charge in [0.25, 0.3) is 0 Å². The zero-order valence-electron chi connectivity index (χ0n) is 13.8. The Morgan fingerprint density at radius 2 is 2.08 bits per heavy atom. The Labute approximate surface area is 145 Å². The summed E-state index contributed by atoms with van der Waals surface area (Å²) in [6.07, 6.45) is 0.819. The summed E-state index contributed by atoms with van der Waals surface area (Å²) in [5.74, 6) is 1.10. The van der Waals surface area contributed by atoms with E-state index in [9.17, 15) is 4.79 Å². The molecule has 1 aliphatic heterocycles. The van der Waals surface area contributed by atoms with Crippen molar-refractivity contribution < 1.29 is 14.3 Å². The molecule has 2 aromatic rings.